The number of fused-ring (bicyclic) bond motifs is 1. The maximum Gasteiger partial charge on any atom is 0.176 e. The largest absolute Gasteiger partial charge is 0.504 e. The predicted molar refractivity (Wildman–Crippen MR) is 95.0 cm³/mol. The lowest BCUT2D eigenvalue weighted by Crippen LogP contribution is -2.20. The third-order valence-corrected chi connectivity index (χ3v) is 4.53. The van der Waals surface area contributed by atoms with Crippen LogP contribution in [0.3, 0.4) is 0 Å². The molecule has 22 heavy (non-hydrogen) atoms. The number of aromatic hydroxyl groups is 2. The van der Waals surface area contributed by atoms with Gasteiger partial charge in [0.1, 0.15) is 0 Å². The van der Waals surface area contributed by atoms with Crippen molar-refractivity contribution >= 4 is 40.2 Å². The van der Waals surface area contributed by atoms with Crippen molar-refractivity contribution in [3.63, 3.8) is 0 Å². The van der Waals surface area contributed by atoms with Crippen molar-refractivity contribution in [3.05, 3.63) is 57.1 Å². The van der Waals surface area contributed by atoms with E-state index in [2.05, 4.69) is 5.32 Å². The van der Waals surface area contributed by atoms with Crippen molar-refractivity contribution in [2.45, 2.75) is 12.3 Å². The number of rotatable bonds is 1. The SMILES string of the molecule is Br.Oc1cc2c(c(Cl)c1O)CCNCC2c1cccc(Cl)c1. The van der Waals surface area contributed by atoms with Crippen LogP contribution in [0.25, 0.3) is 0 Å². The Labute approximate surface area is 149 Å². The van der Waals surface area contributed by atoms with Gasteiger partial charge in [0.25, 0.3) is 0 Å². The smallest absolute Gasteiger partial charge is 0.176 e. The first-order valence-electron chi connectivity index (χ1n) is 6.77. The number of phenolic OH excluding ortho intramolecular Hbond substituents is 2. The zero-order chi connectivity index (χ0) is 15.0. The van der Waals surface area contributed by atoms with E-state index >= 15 is 0 Å². The van der Waals surface area contributed by atoms with Gasteiger partial charge in [0, 0.05) is 17.5 Å². The van der Waals surface area contributed by atoms with Gasteiger partial charge in [-0.1, -0.05) is 35.3 Å². The molecule has 0 spiro atoms. The second kappa shape index (κ2) is 7.09. The number of hydrogen-bond donors (Lipinski definition) is 3. The number of benzene rings is 2. The summed E-state index contributed by atoms with van der Waals surface area (Å²) in [6, 6.07) is 9.27. The molecule has 1 aliphatic rings. The quantitative estimate of drug-likeness (QED) is 0.622. The number of halogens is 3. The number of nitrogens with one attached hydrogen (secondary N) is 1. The second-order valence-corrected chi connectivity index (χ2v) is 6.00. The van der Waals surface area contributed by atoms with Gasteiger partial charge in [0.05, 0.1) is 5.02 Å². The highest BCUT2D eigenvalue weighted by Gasteiger charge is 2.25. The van der Waals surface area contributed by atoms with Crippen LogP contribution in [0.4, 0.5) is 0 Å². The highest BCUT2D eigenvalue weighted by Crippen LogP contribution is 2.42. The van der Waals surface area contributed by atoms with Gasteiger partial charge in [-0.3, -0.25) is 0 Å². The minimum atomic E-state index is -0.248. The Balaban J connectivity index is 0.00000176. The van der Waals surface area contributed by atoms with Crippen LogP contribution in [0.5, 0.6) is 11.5 Å². The van der Waals surface area contributed by atoms with E-state index in [1.807, 2.05) is 24.3 Å². The maximum atomic E-state index is 9.89. The van der Waals surface area contributed by atoms with E-state index < -0.39 is 0 Å². The Kier molecular flexibility index (Phi) is 5.61. The molecule has 3 N–H and O–H groups in total. The summed E-state index contributed by atoms with van der Waals surface area (Å²) in [4.78, 5) is 0. The lowest BCUT2D eigenvalue weighted by atomic mass is 9.87. The topological polar surface area (TPSA) is 52.5 Å². The Morgan fingerprint density at radius 3 is 2.64 bits per heavy atom. The van der Waals surface area contributed by atoms with Crippen molar-refractivity contribution < 1.29 is 10.2 Å². The van der Waals surface area contributed by atoms with E-state index in [-0.39, 0.29) is 39.4 Å². The van der Waals surface area contributed by atoms with E-state index in [4.69, 9.17) is 23.2 Å². The standard InChI is InChI=1S/C16H15Cl2NO2.BrH/c17-10-3-1-2-9(6-10)13-8-19-5-4-11-12(13)7-14(20)16(21)15(11)18;/h1-3,6-7,13,19-21H,4-5,8H2;1H. The molecule has 6 heteroatoms. The predicted octanol–water partition coefficient (Wildman–Crippen LogP) is 4.26. The van der Waals surface area contributed by atoms with Crippen LogP contribution in [0.2, 0.25) is 10.0 Å². The van der Waals surface area contributed by atoms with Gasteiger partial charge in [-0.15, -0.1) is 17.0 Å². The van der Waals surface area contributed by atoms with Gasteiger partial charge in [-0.2, -0.15) is 0 Å². The molecule has 0 saturated carbocycles. The minimum Gasteiger partial charge on any atom is -0.504 e. The number of hydrogen-bond acceptors (Lipinski definition) is 3. The Morgan fingerprint density at radius 1 is 1.14 bits per heavy atom. The Bertz CT molecular complexity index is 694. The zero-order valence-corrected chi connectivity index (χ0v) is 14.9. The second-order valence-electron chi connectivity index (χ2n) is 5.19. The fourth-order valence-corrected chi connectivity index (χ4v) is 3.34. The molecule has 1 atom stereocenters. The molecule has 1 heterocycles. The molecule has 1 aliphatic heterocycles. The normalized spacial score (nSPS) is 17.3. The van der Waals surface area contributed by atoms with Gasteiger partial charge < -0.3 is 15.5 Å². The fraction of sp³-hybridized carbons (Fsp3) is 0.250. The molecular weight excluding hydrogens is 389 g/mol. The molecule has 0 aromatic heterocycles. The van der Waals surface area contributed by atoms with Crippen LogP contribution >= 0.6 is 40.2 Å². The van der Waals surface area contributed by atoms with Gasteiger partial charge in [-0.05, 0) is 47.9 Å². The molecule has 118 valence electrons. The summed E-state index contributed by atoms with van der Waals surface area (Å²) in [5, 5.41) is 24.0. The van der Waals surface area contributed by atoms with Crippen LogP contribution in [0.15, 0.2) is 30.3 Å². The van der Waals surface area contributed by atoms with Crippen LogP contribution in [-0.4, -0.2) is 23.3 Å². The monoisotopic (exact) mass is 403 g/mol. The molecule has 0 radical (unpaired) electrons. The van der Waals surface area contributed by atoms with E-state index in [0.29, 0.717) is 11.4 Å². The summed E-state index contributed by atoms with van der Waals surface area (Å²) >= 11 is 12.3. The zero-order valence-electron chi connectivity index (χ0n) is 11.6. The van der Waals surface area contributed by atoms with Gasteiger partial charge in [0.2, 0.25) is 0 Å². The molecule has 0 amide bonds. The highest BCUT2D eigenvalue weighted by atomic mass is 79.9. The van der Waals surface area contributed by atoms with Gasteiger partial charge >= 0.3 is 0 Å². The van der Waals surface area contributed by atoms with E-state index in [1.54, 1.807) is 6.07 Å². The lowest BCUT2D eigenvalue weighted by molar-refractivity contribution is 0.402. The Hall–Kier alpha value is -0.940. The molecule has 3 rings (SSSR count). The average molecular weight is 405 g/mol. The van der Waals surface area contributed by atoms with Crippen molar-refractivity contribution in [2.24, 2.45) is 0 Å². The van der Waals surface area contributed by atoms with Crippen LogP contribution in [0.1, 0.15) is 22.6 Å². The van der Waals surface area contributed by atoms with Gasteiger partial charge in [-0.25, -0.2) is 0 Å². The molecule has 1 unspecified atom stereocenters. The first-order valence-corrected chi connectivity index (χ1v) is 7.53. The third kappa shape index (κ3) is 3.20. The van der Waals surface area contributed by atoms with Crippen molar-refractivity contribution in [3.8, 4) is 11.5 Å². The molecule has 2 aromatic rings. The highest BCUT2D eigenvalue weighted by molar-refractivity contribution is 8.93. The van der Waals surface area contributed by atoms with Crippen molar-refractivity contribution in [1.29, 1.82) is 0 Å². The van der Waals surface area contributed by atoms with E-state index in [1.165, 1.54) is 0 Å². The van der Waals surface area contributed by atoms with Crippen molar-refractivity contribution in [1.82, 2.24) is 5.32 Å². The first-order chi connectivity index (χ1) is 10.1. The summed E-state index contributed by atoms with van der Waals surface area (Å²) in [6.07, 6.45) is 0.707. The summed E-state index contributed by atoms with van der Waals surface area (Å²) < 4.78 is 0. The molecule has 0 fully saturated rings. The lowest BCUT2D eigenvalue weighted by Gasteiger charge is -2.20. The van der Waals surface area contributed by atoms with Crippen LogP contribution in [0, 0.1) is 0 Å². The maximum absolute atomic E-state index is 9.89. The first kappa shape index (κ1) is 17.4. The molecule has 0 aliphatic carbocycles. The molecule has 3 nitrogen and oxygen atoms in total. The van der Waals surface area contributed by atoms with Gasteiger partial charge in [0.15, 0.2) is 11.5 Å². The third-order valence-electron chi connectivity index (χ3n) is 3.88. The van der Waals surface area contributed by atoms with Crippen LogP contribution < -0.4 is 5.32 Å². The average Bonchev–Trinajstić information content (AvgIpc) is 2.67. The minimum absolute atomic E-state index is 0. The molecule has 2 aromatic carbocycles. The van der Waals surface area contributed by atoms with Crippen LogP contribution in [-0.2, 0) is 6.42 Å². The molecule has 0 bridgehead atoms. The molecular formula is C16H16BrCl2NO2. The van der Waals surface area contributed by atoms with Crippen molar-refractivity contribution in [2.75, 3.05) is 13.1 Å². The summed E-state index contributed by atoms with van der Waals surface area (Å²) in [7, 11) is 0. The Morgan fingerprint density at radius 2 is 1.91 bits per heavy atom. The van der Waals surface area contributed by atoms with E-state index in [9.17, 15) is 10.2 Å². The number of phenols is 2. The fourth-order valence-electron chi connectivity index (χ4n) is 2.84. The molecule has 0 saturated heterocycles. The van der Waals surface area contributed by atoms with E-state index in [0.717, 1.165) is 29.8 Å². The summed E-state index contributed by atoms with van der Waals surface area (Å²) in [5.74, 6) is -0.403. The summed E-state index contributed by atoms with van der Waals surface area (Å²) in [6.45, 7) is 1.50. The summed E-state index contributed by atoms with van der Waals surface area (Å²) in [5.41, 5.74) is 2.86.